The lowest BCUT2D eigenvalue weighted by Gasteiger charge is -2.12. The molecular weight excluding hydrogens is 386 g/mol. The van der Waals surface area contributed by atoms with Gasteiger partial charge >= 0.3 is 12.0 Å². The molecule has 2 aromatic rings. The maximum atomic E-state index is 12.2. The average Bonchev–Trinajstić information content (AvgIpc) is 3.08. The first-order chi connectivity index (χ1) is 14.6. The summed E-state index contributed by atoms with van der Waals surface area (Å²) < 4.78 is 5.09. The summed E-state index contributed by atoms with van der Waals surface area (Å²) in [7, 11) is 0. The molecule has 1 fully saturated rings. The lowest BCUT2D eigenvalue weighted by molar-refractivity contribution is -0.135. The van der Waals surface area contributed by atoms with Crippen LogP contribution in [0.3, 0.4) is 0 Å². The molecule has 30 heavy (non-hydrogen) atoms. The maximum Gasteiger partial charge on any atom is 0.354 e. The van der Waals surface area contributed by atoms with Gasteiger partial charge in [0.05, 0.1) is 18.8 Å². The number of aromatic nitrogens is 1. The van der Waals surface area contributed by atoms with E-state index in [-0.39, 0.29) is 30.8 Å². The molecule has 0 bridgehead atoms. The van der Waals surface area contributed by atoms with Crippen LogP contribution >= 0.6 is 0 Å². The molecule has 9 heteroatoms. The summed E-state index contributed by atoms with van der Waals surface area (Å²) >= 11 is 0. The molecule has 3 rings (SSSR count). The molecule has 9 nitrogen and oxygen atoms in total. The molecule has 0 aliphatic carbocycles. The number of hydrogen-bond donors (Lipinski definition) is 2. The number of urea groups is 1. The Morgan fingerprint density at radius 1 is 1.17 bits per heavy atom. The summed E-state index contributed by atoms with van der Waals surface area (Å²) in [6, 6.07) is 10.7. The number of amides is 3. The lowest BCUT2D eigenvalue weighted by atomic mass is 10.1. The van der Waals surface area contributed by atoms with Gasteiger partial charge < -0.3 is 10.1 Å². The number of hydrogen-bond acceptors (Lipinski definition) is 7. The van der Waals surface area contributed by atoms with Crippen LogP contribution in [0.25, 0.3) is 0 Å². The van der Waals surface area contributed by atoms with Gasteiger partial charge in [-0.05, 0) is 48.7 Å². The predicted molar refractivity (Wildman–Crippen MR) is 111 cm³/mol. The number of ether oxygens (including phenoxy) is 1. The molecule has 0 saturated carbocycles. The van der Waals surface area contributed by atoms with Crippen molar-refractivity contribution in [3.8, 4) is 0 Å². The molecule has 0 spiro atoms. The second kappa shape index (κ2) is 10.1. The highest BCUT2D eigenvalue weighted by Crippen LogP contribution is 2.12. The van der Waals surface area contributed by atoms with Crippen molar-refractivity contribution in [2.45, 2.75) is 19.8 Å². The SMILES string of the molecule is CCOC(=O)/C(Cc1ccncc1)=N\Nc1ccc(CCN2C(=O)CNC2=O)cc1. The monoisotopic (exact) mass is 409 g/mol. The van der Waals surface area contributed by atoms with Crippen LogP contribution in [-0.2, 0) is 27.2 Å². The van der Waals surface area contributed by atoms with Crippen molar-refractivity contribution >= 4 is 29.3 Å². The van der Waals surface area contributed by atoms with Gasteiger partial charge in [0, 0.05) is 25.4 Å². The van der Waals surface area contributed by atoms with E-state index in [4.69, 9.17) is 4.74 Å². The van der Waals surface area contributed by atoms with Crippen molar-refractivity contribution in [3.05, 3.63) is 59.9 Å². The van der Waals surface area contributed by atoms with E-state index in [1.54, 1.807) is 19.3 Å². The van der Waals surface area contributed by atoms with Crippen LogP contribution in [0.5, 0.6) is 0 Å². The van der Waals surface area contributed by atoms with E-state index >= 15 is 0 Å². The zero-order valence-corrected chi connectivity index (χ0v) is 16.6. The van der Waals surface area contributed by atoms with E-state index in [0.29, 0.717) is 25.1 Å². The highest BCUT2D eigenvalue weighted by molar-refractivity contribution is 6.37. The summed E-state index contributed by atoms with van der Waals surface area (Å²) in [6.45, 7) is 2.39. The number of carbonyl (C=O) groups excluding carboxylic acids is 3. The molecule has 1 aliphatic rings. The Kier molecular flexibility index (Phi) is 7.09. The molecular formula is C21H23N5O4. The van der Waals surface area contributed by atoms with Gasteiger partial charge in [0.2, 0.25) is 5.91 Å². The van der Waals surface area contributed by atoms with E-state index < -0.39 is 5.97 Å². The number of esters is 1. The summed E-state index contributed by atoms with van der Waals surface area (Å²) in [4.78, 5) is 40.6. The molecule has 1 aromatic carbocycles. The van der Waals surface area contributed by atoms with E-state index in [9.17, 15) is 14.4 Å². The van der Waals surface area contributed by atoms with Crippen LogP contribution < -0.4 is 10.7 Å². The fourth-order valence-electron chi connectivity index (χ4n) is 2.87. The van der Waals surface area contributed by atoms with Crippen molar-refractivity contribution in [1.29, 1.82) is 0 Å². The van der Waals surface area contributed by atoms with Crippen LogP contribution in [0.4, 0.5) is 10.5 Å². The maximum absolute atomic E-state index is 12.2. The molecule has 156 valence electrons. The molecule has 0 atom stereocenters. The Morgan fingerprint density at radius 2 is 1.90 bits per heavy atom. The van der Waals surface area contributed by atoms with Gasteiger partial charge in [-0.15, -0.1) is 0 Å². The molecule has 1 aromatic heterocycles. The van der Waals surface area contributed by atoms with E-state index in [1.807, 2.05) is 36.4 Å². The number of nitrogens with zero attached hydrogens (tertiary/aromatic N) is 3. The fraction of sp³-hybridized carbons (Fsp3) is 0.286. The molecule has 1 aliphatic heterocycles. The van der Waals surface area contributed by atoms with Crippen molar-refractivity contribution in [3.63, 3.8) is 0 Å². The van der Waals surface area contributed by atoms with Crippen LogP contribution in [0, 0.1) is 0 Å². The fourth-order valence-corrected chi connectivity index (χ4v) is 2.87. The number of rotatable bonds is 9. The molecule has 3 amide bonds. The lowest BCUT2D eigenvalue weighted by Crippen LogP contribution is -2.32. The number of carbonyl (C=O) groups is 3. The Balaban J connectivity index is 1.61. The van der Waals surface area contributed by atoms with Gasteiger partial charge in [-0.1, -0.05) is 12.1 Å². The van der Waals surface area contributed by atoms with Gasteiger partial charge in [-0.2, -0.15) is 5.10 Å². The third kappa shape index (κ3) is 5.63. The zero-order valence-electron chi connectivity index (χ0n) is 16.6. The molecule has 2 heterocycles. The number of anilines is 1. The first kappa shape index (κ1) is 21.0. The summed E-state index contributed by atoms with van der Waals surface area (Å²) in [5.74, 6) is -0.694. The quantitative estimate of drug-likeness (QED) is 0.282. The number of imide groups is 1. The van der Waals surface area contributed by atoms with Gasteiger partial charge in [0.1, 0.15) is 5.71 Å². The Morgan fingerprint density at radius 3 is 2.53 bits per heavy atom. The minimum absolute atomic E-state index is 0.0575. The third-order valence-electron chi connectivity index (χ3n) is 4.47. The summed E-state index contributed by atoms with van der Waals surface area (Å²) in [5, 5.41) is 6.73. The number of nitrogens with one attached hydrogen (secondary N) is 2. The number of pyridine rings is 1. The number of benzene rings is 1. The normalized spacial score (nSPS) is 13.9. The van der Waals surface area contributed by atoms with Gasteiger partial charge in [-0.25, -0.2) is 9.59 Å². The minimum Gasteiger partial charge on any atom is -0.461 e. The van der Waals surface area contributed by atoms with Crippen LogP contribution in [0.15, 0.2) is 53.9 Å². The smallest absolute Gasteiger partial charge is 0.354 e. The van der Waals surface area contributed by atoms with Crippen LogP contribution in [0.1, 0.15) is 18.1 Å². The molecule has 2 N–H and O–H groups in total. The minimum atomic E-state index is -0.480. The Bertz CT molecular complexity index is 912. The summed E-state index contributed by atoms with van der Waals surface area (Å²) in [5.41, 5.74) is 5.71. The zero-order chi connectivity index (χ0) is 21.3. The van der Waals surface area contributed by atoms with E-state index in [2.05, 4.69) is 20.8 Å². The highest BCUT2D eigenvalue weighted by Gasteiger charge is 2.27. The Labute approximate surface area is 174 Å². The third-order valence-corrected chi connectivity index (χ3v) is 4.47. The van der Waals surface area contributed by atoms with Crippen molar-refractivity contribution in [1.82, 2.24) is 15.2 Å². The van der Waals surface area contributed by atoms with Crippen LogP contribution in [0.2, 0.25) is 0 Å². The second-order valence-corrected chi connectivity index (χ2v) is 6.57. The average molecular weight is 409 g/mol. The first-order valence-corrected chi connectivity index (χ1v) is 9.62. The van der Waals surface area contributed by atoms with Gasteiger partial charge in [-0.3, -0.25) is 20.1 Å². The van der Waals surface area contributed by atoms with Gasteiger partial charge in [0.25, 0.3) is 0 Å². The van der Waals surface area contributed by atoms with Gasteiger partial charge in [0.15, 0.2) is 0 Å². The predicted octanol–water partition coefficient (Wildman–Crippen LogP) is 1.75. The van der Waals surface area contributed by atoms with Crippen molar-refractivity contribution in [2.75, 3.05) is 25.1 Å². The number of hydrazone groups is 1. The second-order valence-electron chi connectivity index (χ2n) is 6.57. The first-order valence-electron chi connectivity index (χ1n) is 9.62. The molecule has 0 radical (unpaired) electrons. The van der Waals surface area contributed by atoms with Crippen molar-refractivity contribution in [2.24, 2.45) is 5.10 Å². The molecule has 0 unspecified atom stereocenters. The van der Waals surface area contributed by atoms with E-state index in [0.717, 1.165) is 11.1 Å². The Hall–Kier alpha value is -3.75. The largest absolute Gasteiger partial charge is 0.461 e. The van der Waals surface area contributed by atoms with Crippen molar-refractivity contribution < 1.29 is 19.1 Å². The molecule has 1 saturated heterocycles. The van der Waals surface area contributed by atoms with Crippen LogP contribution in [-0.4, -0.2) is 53.2 Å². The standard InChI is InChI=1S/C21H23N5O4/c1-2-30-20(28)18(13-16-7-10-22-11-8-16)25-24-17-5-3-15(4-6-17)9-12-26-19(27)14-23-21(26)29/h3-8,10-11,24H,2,9,12-14H2,1H3,(H,23,29)/b25-18-. The van der Waals surface area contributed by atoms with E-state index in [1.165, 1.54) is 4.90 Å². The summed E-state index contributed by atoms with van der Waals surface area (Å²) in [6.07, 6.45) is 4.18. The highest BCUT2D eigenvalue weighted by atomic mass is 16.5. The topological polar surface area (TPSA) is 113 Å².